The summed E-state index contributed by atoms with van der Waals surface area (Å²) in [5.74, 6) is 0.301. The van der Waals surface area contributed by atoms with Crippen LogP contribution in [-0.2, 0) is 11.2 Å². The predicted octanol–water partition coefficient (Wildman–Crippen LogP) is 2.39. The largest absolute Gasteiger partial charge is 0.353 e. The number of nitrogens with one attached hydrogen (secondary N) is 2. The molecule has 1 aliphatic rings. The first-order chi connectivity index (χ1) is 9.15. The normalized spacial score (nSPS) is 20.8. The summed E-state index contributed by atoms with van der Waals surface area (Å²) < 4.78 is 0. The molecule has 1 aliphatic heterocycles. The summed E-state index contributed by atoms with van der Waals surface area (Å²) in [6, 6.07) is 7.93. The van der Waals surface area contributed by atoms with E-state index in [0.717, 1.165) is 37.4 Å². The second kappa shape index (κ2) is 6.92. The molecule has 1 aromatic carbocycles. The number of piperidine rings is 1. The van der Waals surface area contributed by atoms with Gasteiger partial charge in [0.15, 0.2) is 0 Å². The lowest BCUT2D eigenvalue weighted by Gasteiger charge is -2.24. The van der Waals surface area contributed by atoms with Crippen LogP contribution < -0.4 is 10.6 Å². The van der Waals surface area contributed by atoms with Crippen molar-refractivity contribution in [3.63, 3.8) is 0 Å². The molecule has 1 fully saturated rings. The fraction of sp³-hybridized carbons (Fsp3) is 0.533. The molecule has 0 aliphatic carbocycles. The highest BCUT2D eigenvalue weighted by molar-refractivity contribution is 6.30. The van der Waals surface area contributed by atoms with Crippen molar-refractivity contribution in [3.05, 3.63) is 34.9 Å². The Morgan fingerprint density at radius 1 is 1.47 bits per heavy atom. The lowest BCUT2D eigenvalue weighted by Crippen LogP contribution is -2.44. The van der Waals surface area contributed by atoms with Crippen LogP contribution in [0.5, 0.6) is 0 Å². The first-order valence-electron chi connectivity index (χ1n) is 6.90. The Morgan fingerprint density at radius 2 is 2.21 bits per heavy atom. The van der Waals surface area contributed by atoms with Crippen LogP contribution in [0, 0.1) is 5.92 Å². The smallest absolute Gasteiger partial charge is 0.224 e. The highest BCUT2D eigenvalue weighted by Crippen LogP contribution is 2.13. The van der Waals surface area contributed by atoms with Gasteiger partial charge in [-0.05, 0) is 50.4 Å². The first-order valence-corrected chi connectivity index (χ1v) is 7.28. The Bertz CT molecular complexity index is 413. The molecule has 0 radical (unpaired) electrons. The van der Waals surface area contributed by atoms with E-state index in [2.05, 4.69) is 10.6 Å². The second-order valence-corrected chi connectivity index (χ2v) is 5.72. The summed E-state index contributed by atoms with van der Waals surface area (Å²) >= 11 is 5.86. The summed E-state index contributed by atoms with van der Waals surface area (Å²) in [7, 11) is 0. The summed E-state index contributed by atoms with van der Waals surface area (Å²) in [5, 5.41) is 7.11. The van der Waals surface area contributed by atoms with Gasteiger partial charge in [0, 0.05) is 17.6 Å². The van der Waals surface area contributed by atoms with Gasteiger partial charge in [-0.15, -0.1) is 0 Å². The van der Waals surface area contributed by atoms with Gasteiger partial charge >= 0.3 is 0 Å². The lowest BCUT2D eigenvalue weighted by atomic mass is 9.98. The Balaban J connectivity index is 1.81. The van der Waals surface area contributed by atoms with E-state index < -0.39 is 0 Å². The number of carbonyl (C=O) groups excluding carboxylic acids is 1. The van der Waals surface area contributed by atoms with E-state index in [-0.39, 0.29) is 17.9 Å². The Kier molecular flexibility index (Phi) is 5.23. The van der Waals surface area contributed by atoms with E-state index in [1.165, 1.54) is 5.56 Å². The molecule has 2 rings (SSSR count). The first kappa shape index (κ1) is 14.4. The highest BCUT2D eigenvalue weighted by Gasteiger charge is 2.21. The third kappa shape index (κ3) is 4.51. The lowest BCUT2D eigenvalue weighted by molar-refractivity contribution is -0.126. The quantitative estimate of drug-likeness (QED) is 0.889. The molecule has 104 valence electrons. The molecule has 4 heteroatoms. The van der Waals surface area contributed by atoms with Crippen molar-refractivity contribution in [2.24, 2.45) is 5.92 Å². The maximum Gasteiger partial charge on any atom is 0.224 e. The maximum absolute atomic E-state index is 12.1. The summed E-state index contributed by atoms with van der Waals surface area (Å²) in [5.41, 5.74) is 1.19. The third-order valence-electron chi connectivity index (χ3n) is 3.51. The molecule has 2 atom stereocenters. The Hall–Kier alpha value is -1.06. The molecule has 1 heterocycles. The average Bonchev–Trinajstić information content (AvgIpc) is 2.42. The number of rotatable bonds is 4. The summed E-state index contributed by atoms with van der Waals surface area (Å²) in [4.78, 5) is 12.1. The summed E-state index contributed by atoms with van der Waals surface area (Å²) in [6.07, 6.45) is 2.92. The number of hydrogen-bond acceptors (Lipinski definition) is 2. The molecule has 2 unspecified atom stereocenters. The molecule has 0 aromatic heterocycles. The van der Waals surface area contributed by atoms with Gasteiger partial charge in [0.1, 0.15) is 0 Å². The van der Waals surface area contributed by atoms with Gasteiger partial charge in [-0.2, -0.15) is 0 Å². The van der Waals surface area contributed by atoms with Crippen LogP contribution in [0.25, 0.3) is 0 Å². The minimum atomic E-state index is 0.126. The van der Waals surface area contributed by atoms with Crippen molar-refractivity contribution >= 4 is 17.5 Å². The van der Waals surface area contributed by atoms with Crippen molar-refractivity contribution in [2.75, 3.05) is 13.1 Å². The standard InChI is InChI=1S/C15H21ClN2O/c1-11(9-12-4-6-14(16)7-5-12)18-15(19)13-3-2-8-17-10-13/h4-7,11,13,17H,2-3,8-10H2,1H3,(H,18,19). The number of amides is 1. The van der Waals surface area contributed by atoms with Gasteiger partial charge in [-0.3, -0.25) is 4.79 Å². The van der Waals surface area contributed by atoms with Crippen LogP contribution in [0.15, 0.2) is 24.3 Å². The van der Waals surface area contributed by atoms with E-state index in [9.17, 15) is 4.79 Å². The second-order valence-electron chi connectivity index (χ2n) is 5.28. The molecular weight excluding hydrogens is 260 g/mol. The van der Waals surface area contributed by atoms with E-state index in [1.807, 2.05) is 31.2 Å². The highest BCUT2D eigenvalue weighted by atomic mass is 35.5. The average molecular weight is 281 g/mol. The van der Waals surface area contributed by atoms with Gasteiger partial charge in [0.05, 0.1) is 5.92 Å². The zero-order valence-electron chi connectivity index (χ0n) is 11.3. The van der Waals surface area contributed by atoms with Gasteiger partial charge in [0.25, 0.3) is 0 Å². The van der Waals surface area contributed by atoms with Crippen molar-refractivity contribution in [3.8, 4) is 0 Å². The number of hydrogen-bond donors (Lipinski definition) is 2. The molecular formula is C15H21ClN2O. The molecule has 0 spiro atoms. The fourth-order valence-corrected chi connectivity index (χ4v) is 2.59. The van der Waals surface area contributed by atoms with Crippen molar-refractivity contribution < 1.29 is 4.79 Å². The van der Waals surface area contributed by atoms with Gasteiger partial charge in [-0.25, -0.2) is 0 Å². The monoisotopic (exact) mass is 280 g/mol. The minimum absolute atomic E-state index is 0.126. The molecule has 0 saturated carbocycles. The fourth-order valence-electron chi connectivity index (χ4n) is 2.46. The Labute approximate surface area is 119 Å². The zero-order valence-corrected chi connectivity index (χ0v) is 12.0. The van der Waals surface area contributed by atoms with Crippen LogP contribution >= 0.6 is 11.6 Å². The van der Waals surface area contributed by atoms with E-state index in [0.29, 0.717) is 0 Å². The van der Waals surface area contributed by atoms with Gasteiger partial charge in [-0.1, -0.05) is 23.7 Å². The summed E-state index contributed by atoms with van der Waals surface area (Å²) in [6.45, 7) is 3.88. The van der Waals surface area contributed by atoms with Crippen molar-refractivity contribution in [1.82, 2.24) is 10.6 Å². The number of halogens is 1. The van der Waals surface area contributed by atoms with Crippen LogP contribution in [-0.4, -0.2) is 25.0 Å². The molecule has 3 nitrogen and oxygen atoms in total. The van der Waals surface area contributed by atoms with E-state index >= 15 is 0 Å². The molecule has 1 amide bonds. The van der Waals surface area contributed by atoms with Crippen molar-refractivity contribution in [1.29, 1.82) is 0 Å². The zero-order chi connectivity index (χ0) is 13.7. The van der Waals surface area contributed by atoms with E-state index in [1.54, 1.807) is 0 Å². The topological polar surface area (TPSA) is 41.1 Å². The van der Waals surface area contributed by atoms with Gasteiger partial charge < -0.3 is 10.6 Å². The van der Waals surface area contributed by atoms with Crippen LogP contribution in [0.2, 0.25) is 5.02 Å². The number of carbonyl (C=O) groups is 1. The predicted molar refractivity (Wildman–Crippen MR) is 78.4 cm³/mol. The molecule has 2 N–H and O–H groups in total. The molecule has 1 aromatic rings. The van der Waals surface area contributed by atoms with Crippen LogP contribution in [0.3, 0.4) is 0 Å². The van der Waals surface area contributed by atoms with Crippen molar-refractivity contribution in [2.45, 2.75) is 32.2 Å². The van der Waals surface area contributed by atoms with E-state index in [4.69, 9.17) is 11.6 Å². The maximum atomic E-state index is 12.1. The molecule has 19 heavy (non-hydrogen) atoms. The third-order valence-corrected chi connectivity index (χ3v) is 3.76. The molecule has 0 bridgehead atoms. The van der Waals surface area contributed by atoms with Crippen LogP contribution in [0.4, 0.5) is 0 Å². The SMILES string of the molecule is CC(Cc1ccc(Cl)cc1)NC(=O)C1CCCNC1. The van der Waals surface area contributed by atoms with Crippen LogP contribution in [0.1, 0.15) is 25.3 Å². The van der Waals surface area contributed by atoms with Gasteiger partial charge in [0.2, 0.25) is 5.91 Å². The molecule has 1 saturated heterocycles. The Morgan fingerprint density at radius 3 is 2.84 bits per heavy atom. The number of benzene rings is 1. The minimum Gasteiger partial charge on any atom is -0.353 e.